The standard InChI is InChI=1S/C23H18ClFN6OS/c1-15-5-7-17(8-6-15)31-22(16-9-11-26-12-10-16)29-30-23(31)33-14-21(32)28-27-13-18-19(24)3-2-4-20(18)25/h2-13H,14H2,1H3,(H,28,32)/b27-13-. The first kappa shape index (κ1) is 22.6. The van der Waals surface area contributed by atoms with Gasteiger partial charge in [-0.15, -0.1) is 10.2 Å². The molecule has 4 aromatic rings. The Morgan fingerprint density at radius 2 is 1.91 bits per heavy atom. The van der Waals surface area contributed by atoms with Crippen LogP contribution in [0.4, 0.5) is 4.39 Å². The summed E-state index contributed by atoms with van der Waals surface area (Å²) in [5.74, 6) is -0.239. The minimum Gasteiger partial charge on any atom is -0.272 e. The van der Waals surface area contributed by atoms with Gasteiger partial charge in [0.15, 0.2) is 11.0 Å². The largest absolute Gasteiger partial charge is 0.272 e. The molecule has 1 amide bonds. The van der Waals surface area contributed by atoms with E-state index in [4.69, 9.17) is 11.6 Å². The van der Waals surface area contributed by atoms with Crippen LogP contribution in [0.3, 0.4) is 0 Å². The SMILES string of the molecule is Cc1ccc(-n2c(SCC(=O)N/N=C\c3c(F)cccc3Cl)nnc2-c2ccncc2)cc1. The number of hydrogen-bond donors (Lipinski definition) is 1. The highest BCUT2D eigenvalue weighted by atomic mass is 35.5. The van der Waals surface area contributed by atoms with Crippen LogP contribution in [0.15, 0.2) is 77.2 Å². The van der Waals surface area contributed by atoms with Gasteiger partial charge in [0.1, 0.15) is 5.82 Å². The molecule has 2 aromatic heterocycles. The van der Waals surface area contributed by atoms with Crippen LogP contribution in [0.1, 0.15) is 11.1 Å². The number of amides is 1. The van der Waals surface area contributed by atoms with Crippen molar-refractivity contribution in [2.24, 2.45) is 5.10 Å². The average molecular weight is 481 g/mol. The van der Waals surface area contributed by atoms with E-state index in [1.165, 1.54) is 30.1 Å². The molecule has 0 radical (unpaired) electrons. The molecule has 0 atom stereocenters. The molecule has 0 saturated carbocycles. The Morgan fingerprint density at radius 3 is 2.64 bits per heavy atom. The molecule has 2 aromatic carbocycles. The summed E-state index contributed by atoms with van der Waals surface area (Å²) >= 11 is 7.16. The second kappa shape index (κ2) is 10.4. The van der Waals surface area contributed by atoms with Gasteiger partial charge in [0.2, 0.25) is 0 Å². The normalized spacial score (nSPS) is 11.1. The van der Waals surface area contributed by atoms with Gasteiger partial charge in [-0.25, -0.2) is 9.82 Å². The molecule has 4 rings (SSSR count). The lowest BCUT2D eigenvalue weighted by Gasteiger charge is -2.10. The van der Waals surface area contributed by atoms with Crippen LogP contribution in [0.25, 0.3) is 17.1 Å². The van der Waals surface area contributed by atoms with E-state index < -0.39 is 5.82 Å². The average Bonchev–Trinajstić information content (AvgIpc) is 3.25. The zero-order valence-electron chi connectivity index (χ0n) is 17.4. The second-order valence-corrected chi connectivity index (χ2v) is 8.28. The second-order valence-electron chi connectivity index (χ2n) is 6.93. The highest BCUT2D eigenvalue weighted by Gasteiger charge is 2.17. The fraction of sp³-hybridized carbons (Fsp3) is 0.0870. The Kier molecular flexibility index (Phi) is 7.11. The Morgan fingerprint density at radius 1 is 1.15 bits per heavy atom. The number of carbonyl (C=O) groups is 1. The third kappa shape index (κ3) is 5.44. The van der Waals surface area contributed by atoms with Crippen molar-refractivity contribution in [3.63, 3.8) is 0 Å². The van der Waals surface area contributed by atoms with Crippen molar-refractivity contribution in [1.82, 2.24) is 25.2 Å². The summed E-state index contributed by atoms with van der Waals surface area (Å²) in [5, 5.41) is 13.2. The number of thioether (sulfide) groups is 1. The summed E-state index contributed by atoms with van der Waals surface area (Å²) in [7, 11) is 0. The van der Waals surface area contributed by atoms with Crippen molar-refractivity contribution >= 4 is 35.5 Å². The third-order valence-electron chi connectivity index (χ3n) is 4.58. The number of nitrogens with zero attached hydrogens (tertiary/aromatic N) is 5. The van der Waals surface area contributed by atoms with E-state index in [9.17, 15) is 9.18 Å². The van der Waals surface area contributed by atoms with Crippen LogP contribution in [-0.2, 0) is 4.79 Å². The maximum atomic E-state index is 13.8. The monoisotopic (exact) mass is 480 g/mol. The molecule has 10 heteroatoms. The molecular weight excluding hydrogens is 463 g/mol. The van der Waals surface area contributed by atoms with Gasteiger partial charge in [-0.2, -0.15) is 5.10 Å². The van der Waals surface area contributed by atoms with E-state index in [1.54, 1.807) is 18.5 Å². The summed E-state index contributed by atoms with van der Waals surface area (Å²) in [6.07, 6.45) is 4.55. The van der Waals surface area contributed by atoms with Gasteiger partial charge in [-0.05, 0) is 43.3 Å². The van der Waals surface area contributed by atoms with E-state index >= 15 is 0 Å². The summed E-state index contributed by atoms with van der Waals surface area (Å²) < 4.78 is 15.7. The fourth-order valence-corrected chi connectivity index (χ4v) is 3.90. The smallest absolute Gasteiger partial charge is 0.250 e. The van der Waals surface area contributed by atoms with Gasteiger partial charge in [0.05, 0.1) is 17.0 Å². The molecule has 1 N–H and O–H groups in total. The van der Waals surface area contributed by atoms with E-state index in [1.807, 2.05) is 47.9 Å². The van der Waals surface area contributed by atoms with Crippen molar-refractivity contribution < 1.29 is 9.18 Å². The Hall–Kier alpha value is -3.56. The molecule has 0 fully saturated rings. The Balaban J connectivity index is 1.51. The Labute approximate surface area is 198 Å². The molecule has 166 valence electrons. The molecule has 7 nitrogen and oxygen atoms in total. The summed E-state index contributed by atoms with van der Waals surface area (Å²) in [4.78, 5) is 16.4. The predicted molar refractivity (Wildman–Crippen MR) is 127 cm³/mol. The van der Waals surface area contributed by atoms with Crippen LogP contribution in [-0.4, -0.2) is 37.6 Å². The van der Waals surface area contributed by atoms with E-state index in [0.29, 0.717) is 11.0 Å². The summed E-state index contributed by atoms with van der Waals surface area (Å²) in [6, 6.07) is 15.9. The zero-order chi connectivity index (χ0) is 23.2. The van der Waals surface area contributed by atoms with Crippen LogP contribution in [0.2, 0.25) is 5.02 Å². The number of hydrazone groups is 1. The van der Waals surface area contributed by atoms with Gasteiger partial charge >= 0.3 is 0 Å². The third-order valence-corrected chi connectivity index (χ3v) is 5.84. The summed E-state index contributed by atoms with van der Waals surface area (Å²) in [6.45, 7) is 2.01. The summed E-state index contributed by atoms with van der Waals surface area (Å²) in [5.41, 5.74) is 5.32. The first-order chi connectivity index (χ1) is 16.0. The first-order valence-electron chi connectivity index (χ1n) is 9.84. The number of benzene rings is 2. The van der Waals surface area contributed by atoms with Gasteiger partial charge in [0.25, 0.3) is 5.91 Å². The number of halogens is 2. The fourth-order valence-electron chi connectivity index (χ4n) is 2.94. The molecule has 0 spiro atoms. The first-order valence-corrected chi connectivity index (χ1v) is 11.2. The molecule has 0 aliphatic heterocycles. The van der Waals surface area contributed by atoms with Gasteiger partial charge in [-0.3, -0.25) is 14.3 Å². The van der Waals surface area contributed by atoms with Crippen LogP contribution >= 0.6 is 23.4 Å². The van der Waals surface area contributed by atoms with Gasteiger partial charge in [-0.1, -0.05) is 47.1 Å². The van der Waals surface area contributed by atoms with E-state index in [0.717, 1.165) is 16.8 Å². The number of pyridine rings is 1. The zero-order valence-corrected chi connectivity index (χ0v) is 19.0. The maximum absolute atomic E-state index is 13.8. The minimum atomic E-state index is -0.523. The number of carbonyl (C=O) groups excluding carboxylic acids is 1. The number of hydrogen-bond acceptors (Lipinski definition) is 6. The van der Waals surface area contributed by atoms with Crippen molar-refractivity contribution in [3.8, 4) is 17.1 Å². The van der Waals surface area contributed by atoms with Crippen molar-refractivity contribution in [2.75, 3.05) is 5.75 Å². The van der Waals surface area contributed by atoms with Crippen molar-refractivity contribution in [1.29, 1.82) is 0 Å². The van der Waals surface area contributed by atoms with Gasteiger partial charge in [0, 0.05) is 29.2 Å². The quantitative estimate of drug-likeness (QED) is 0.236. The van der Waals surface area contributed by atoms with Crippen molar-refractivity contribution in [2.45, 2.75) is 12.1 Å². The molecular formula is C23H18ClFN6OS. The maximum Gasteiger partial charge on any atom is 0.250 e. The molecule has 33 heavy (non-hydrogen) atoms. The highest BCUT2D eigenvalue weighted by Crippen LogP contribution is 2.27. The Bertz CT molecular complexity index is 1270. The topological polar surface area (TPSA) is 85.1 Å². The van der Waals surface area contributed by atoms with E-state index in [-0.39, 0.29) is 22.2 Å². The molecule has 0 unspecified atom stereocenters. The highest BCUT2D eigenvalue weighted by molar-refractivity contribution is 7.99. The molecule has 0 aliphatic carbocycles. The molecule has 0 aliphatic rings. The van der Waals surface area contributed by atoms with Crippen molar-refractivity contribution in [3.05, 3.63) is 89.0 Å². The van der Waals surface area contributed by atoms with Gasteiger partial charge < -0.3 is 0 Å². The molecule has 2 heterocycles. The van der Waals surface area contributed by atoms with Crippen LogP contribution in [0, 0.1) is 12.7 Å². The number of rotatable bonds is 7. The van der Waals surface area contributed by atoms with E-state index in [2.05, 4.69) is 25.7 Å². The predicted octanol–water partition coefficient (Wildman–Crippen LogP) is 4.67. The lowest BCUT2D eigenvalue weighted by atomic mass is 10.2. The molecule has 0 bridgehead atoms. The minimum absolute atomic E-state index is 0.0304. The number of aryl methyl sites for hydroxylation is 1. The number of nitrogens with one attached hydrogen (secondary N) is 1. The van der Waals surface area contributed by atoms with Crippen LogP contribution < -0.4 is 5.43 Å². The lowest BCUT2D eigenvalue weighted by Crippen LogP contribution is -2.20. The number of aromatic nitrogens is 4. The lowest BCUT2D eigenvalue weighted by molar-refractivity contribution is -0.118. The van der Waals surface area contributed by atoms with Crippen LogP contribution in [0.5, 0.6) is 0 Å². The molecule has 0 saturated heterocycles.